The maximum atomic E-state index is 13.0. The first-order chi connectivity index (χ1) is 14.1. The van der Waals surface area contributed by atoms with Gasteiger partial charge in [-0.2, -0.15) is 5.26 Å². The Morgan fingerprint density at radius 3 is 2.79 bits per heavy atom. The molecule has 3 rings (SSSR count). The molecule has 0 aliphatic heterocycles. The van der Waals surface area contributed by atoms with Gasteiger partial charge in [0.1, 0.15) is 11.9 Å². The van der Waals surface area contributed by atoms with E-state index in [1.165, 1.54) is 36.7 Å². The molecule has 0 saturated heterocycles. The number of thiazole rings is 1. The lowest BCUT2D eigenvalue weighted by Crippen LogP contribution is -2.07. The first-order valence-electron chi connectivity index (χ1n) is 8.47. The zero-order valence-electron chi connectivity index (χ0n) is 15.4. The number of nitriles is 1. The molecule has 8 heteroatoms. The zero-order chi connectivity index (χ0) is 20.6. The molecule has 3 aromatic rings. The summed E-state index contributed by atoms with van der Waals surface area (Å²) in [6, 6.07) is 13.0. The van der Waals surface area contributed by atoms with E-state index in [0.717, 1.165) is 11.1 Å². The molecule has 29 heavy (non-hydrogen) atoms. The second-order valence-electron chi connectivity index (χ2n) is 5.72. The molecule has 0 unspecified atom stereocenters. The van der Waals surface area contributed by atoms with E-state index in [1.807, 2.05) is 6.07 Å². The molecule has 0 bridgehead atoms. The van der Waals surface area contributed by atoms with E-state index in [1.54, 1.807) is 41.8 Å². The van der Waals surface area contributed by atoms with Crippen molar-refractivity contribution in [3.05, 3.63) is 65.3 Å². The number of halogens is 1. The van der Waals surface area contributed by atoms with Gasteiger partial charge in [-0.05, 0) is 48.0 Å². The first kappa shape index (κ1) is 20.0. The first-order valence-corrected chi connectivity index (χ1v) is 9.35. The van der Waals surface area contributed by atoms with Gasteiger partial charge in [0.25, 0.3) is 0 Å². The number of rotatable bonds is 7. The van der Waals surface area contributed by atoms with E-state index < -0.39 is 0 Å². The third-order valence-corrected chi connectivity index (χ3v) is 4.54. The Hall–Kier alpha value is -3.70. The summed E-state index contributed by atoms with van der Waals surface area (Å²) in [6.45, 7) is -0.0817. The average Bonchev–Trinajstić information content (AvgIpc) is 3.19. The van der Waals surface area contributed by atoms with Crippen LogP contribution in [0.25, 0.3) is 17.3 Å². The number of amides is 1. The number of aromatic nitrogens is 1. The van der Waals surface area contributed by atoms with E-state index in [2.05, 4.69) is 10.3 Å². The van der Waals surface area contributed by atoms with E-state index in [0.29, 0.717) is 22.3 Å². The SMILES string of the molecule is COc1cc(C=CC(=O)Nc2nc(-c3ccc(F)cc3)cs2)ccc1OCC#N. The van der Waals surface area contributed by atoms with Gasteiger partial charge in [0.2, 0.25) is 5.91 Å². The fraction of sp³-hybridized carbons (Fsp3) is 0.0952. The van der Waals surface area contributed by atoms with Gasteiger partial charge in [-0.15, -0.1) is 11.3 Å². The second kappa shape index (κ2) is 9.48. The van der Waals surface area contributed by atoms with Gasteiger partial charge in [-0.25, -0.2) is 9.37 Å². The average molecular weight is 409 g/mol. The molecule has 146 valence electrons. The lowest BCUT2D eigenvalue weighted by Gasteiger charge is -2.08. The Kier molecular flexibility index (Phi) is 6.55. The molecule has 0 fully saturated rings. The van der Waals surface area contributed by atoms with Crippen LogP contribution in [0.3, 0.4) is 0 Å². The van der Waals surface area contributed by atoms with Crippen LogP contribution in [0, 0.1) is 17.1 Å². The van der Waals surface area contributed by atoms with Crippen molar-refractivity contribution in [3.8, 4) is 28.8 Å². The van der Waals surface area contributed by atoms with Crippen molar-refractivity contribution in [2.45, 2.75) is 0 Å². The summed E-state index contributed by atoms with van der Waals surface area (Å²) < 4.78 is 23.5. The third kappa shape index (κ3) is 5.40. The number of anilines is 1. The zero-order valence-corrected chi connectivity index (χ0v) is 16.2. The van der Waals surface area contributed by atoms with Crippen molar-refractivity contribution in [1.29, 1.82) is 5.26 Å². The number of ether oxygens (including phenoxy) is 2. The van der Waals surface area contributed by atoms with Gasteiger partial charge in [0.05, 0.1) is 12.8 Å². The molecule has 6 nitrogen and oxygen atoms in total. The van der Waals surface area contributed by atoms with Crippen LogP contribution in [0.4, 0.5) is 9.52 Å². The van der Waals surface area contributed by atoms with Crippen molar-refractivity contribution in [1.82, 2.24) is 4.98 Å². The predicted octanol–water partition coefficient (Wildman–Crippen LogP) is 4.51. The number of nitrogens with one attached hydrogen (secondary N) is 1. The Balaban J connectivity index is 1.64. The van der Waals surface area contributed by atoms with Crippen LogP contribution in [0.2, 0.25) is 0 Å². The minimum Gasteiger partial charge on any atom is -0.493 e. The Bertz CT molecular complexity index is 1070. The summed E-state index contributed by atoms with van der Waals surface area (Å²) in [7, 11) is 1.50. The summed E-state index contributed by atoms with van der Waals surface area (Å²) in [6.07, 6.45) is 3.00. The molecular weight excluding hydrogens is 393 g/mol. The molecule has 1 aromatic heterocycles. The lowest BCUT2D eigenvalue weighted by atomic mass is 10.2. The molecule has 1 N–H and O–H groups in total. The molecule has 0 atom stereocenters. The van der Waals surface area contributed by atoms with Crippen LogP contribution >= 0.6 is 11.3 Å². The number of benzene rings is 2. The van der Waals surface area contributed by atoms with Crippen LogP contribution in [0.5, 0.6) is 11.5 Å². The van der Waals surface area contributed by atoms with Gasteiger partial charge in [-0.1, -0.05) is 6.07 Å². The number of carbonyl (C=O) groups is 1. The number of methoxy groups -OCH3 is 1. The topological polar surface area (TPSA) is 84.2 Å². The Labute approximate surface area is 170 Å². The summed E-state index contributed by atoms with van der Waals surface area (Å²) in [5.41, 5.74) is 2.16. The summed E-state index contributed by atoms with van der Waals surface area (Å²) in [5, 5.41) is 13.5. The minimum absolute atomic E-state index is 0.0817. The molecule has 0 radical (unpaired) electrons. The lowest BCUT2D eigenvalue weighted by molar-refractivity contribution is -0.111. The Morgan fingerprint density at radius 2 is 2.07 bits per heavy atom. The van der Waals surface area contributed by atoms with Crippen LogP contribution in [-0.4, -0.2) is 24.6 Å². The number of nitrogens with zero attached hydrogens (tertiary/aromatic N) is 2. The van der Waals surface area contributed by atoms with Gasteiger partial charge < -0.3 is 9.47 Å². The maximum Gasteiger partial charge on any atom is 0.250 e. The standard InChI is InChI=1S/C21H16FN3O3S/c1-27-19-12-14(2-8-18(19)28-11-10-23)3-9-20(26)25-21-24-17(13-29-21)15-4-6-16(22)7-5-15/h2-9,12-13H,11H2,1H3,(H,24,25,26). The number of carbonyl (C=O) groups excluding carboxylic acids is 1. The van der Waals surface area contributed by atoms with Crippen molar-refractivity contribution in [2.24, 2.45) is 0 Å². The molecule has 0 aliphatic carbocycles. The van der Waals surface area contributed by atoms with Crippen LogP contribution in [0.15, 0.2) is 53.9 Å². The van der Waals surface area contributed by atoms with E-state index in [4.69, 9.17) is 14.7 Å². The summed E-state index contributed by atoms with van der Waals surface area (Å²) >= 11 is 1.28. The summed E-state index contributed by atoms with van der Waals surface area (Å²) in [4.78, 5) is 16.5. The quantitative estimate of drug-likeness (QED) is 0.581. The van der Waals surface area contributed by atoms with E-state index in [9.17, 15) is 9.18 Å². The number of hydrogen-bond acceptors (Lipinski definition) is 6. The van der Waals surface area contributed by atoms with Crippen LogP contribution in [0.1, 0.15) is 5.56 Å². The highest BCUT2D eigenvalue weighted by molar-refractivity contribution is 7.14. The highest BCUT2D eigenvalue weighted by atomic mass is 32.1. The molecule has 1 heterocycles. The molecule has 2 aromatic carbocycles. The summed E-state index contributed by atoms with van der Waals surface area (Å²) in [5.74, 6) is 0.260. The van der Waals surface area contributed by atoms with Crippen molar-refractivity contribution in [2.75, 3.05) is 19.0 Å². The van der Waals surface area contributed by atoms with Crippen LogP contribution < -0.4 is 14.8 Å². The van der Waals surface area contributed by atoms with E-state index in [-0.39, 0.29) is 18.3 Å². The molecule has 0 aliphatic rings. The van der Waals surface area contributed by atoms with Gasteiger partial charge in [0.15, 0.2) is 23.2 Å². The normalized spacial score (nSPS) is 10.5. The highest BCUT2D eigenvalue weighted by Crippen LogP contribution is 2.28. The van der Waals surface area contributed by atoms with Gasteiger partial charge in [0, 0.05) is 17.0 Å². The fourth-order valence-corrected chi connectivity index (χ4v) is 3.14. The van der Waals surface area contributed by atoms with Crippen molar-refractivity contribution >= 4 is 28.5 Å². The predicted molar refractivity (Wildman–Crippen MR) is 109 cm³/mol. The minimum atomic E-state index is -0.339. The van der Waals surface area contributed by atoms with Gasteiger partial charge >= 0.3 is 0 Å². The number of hydrogen-bond donors (Lipinski definition) is 1. The Morgan fingerprint density at radius 1 is 1.28 bits per heavy atom. The molecule has 1 amide bonds. The molecule has 0 saturated carbocycles. The van der Waals surface area contributed by atoms with Crippen molar-refractivity contribution < 1.29 is 18.7 Å². The van der Waals surface area contributed by atoms with Crippen molar-refractivity contribution in [3.63, 3.8) is 0 Å². The molecule has 0 spiro atoms. The second-order valence-corrected chi connectivity index (χ2v) is 6.58. The fourth-order valence-electron chi connectivity index (χ4n) is 2.42. The highest BCUT2D eigenvalue weighted by Gasteiger charge is 2.08. The largest absolute Gasteiger partial charge is 0.493 e. The van der Waals surface area contributed by atoms with Crippen LogP contribution in [-0.2, 0) is 4.79 Å². The maximum absolute atomic E-state index is 13.0. The monoisotopic (exact) mass is 409 g/mol. The van der Waals surface area contributed by atoms with Gasteiger partial charge in [-0.3, -0.25) is 10.1 Å². The smallest absolute Gasteiger partial charge is 0.250 e. The third-order valence-electron chi connectivity index (χ3n) is 3.78. The van der Waals surface area contributed by atoms with E-state index >= 15 is 0 Å². The molecular formula is C21H16FN3O3S.